The van der Waals surface area contributed by atoms with Gasteiger partial charge in [-0.3, -0.25) is 0 Å². The fraction of sp³-hybridized carbons (Fsp3) is 0. The smallest absolute Gasteiger partial charge is 0.324 e. The minimum atomic E-state index is -0.289. The van der Waals surface area contributed by atoms with Crippen LogP contribution >= 0.6 is 0 Å². The standard InChI is InChI=1S/C16H12N6O/c23-16-20-12-8-4-5-9-13(12)22(16)15-18-10-17-14(21-15)19-11-6-2-1-3-7-11/h1-10H,(H,20,23)(H,17,18,19,21). The fourth-order valence-corrected chi connectivity index (χ4v) is 2.36. The zero-order chi connectivity index (χ0) is 15.6. The second kappa shape index (κ2) is 5.38. The highest BCUT2D eigenvalue weighted by Crippen LogP contribution is 2.14. The number of aromatic amines is 1. The molecule has 23 heavy (non-hydrogen) atoms. The molecule has 0 atom stereocenters. The summed E-state index contributed by atoms with van der Waals surface area (Å²) in [5.74, 6) is 0.638. The van der Waals surface area contributed by atoms with Crippen molar-refractivity contribution in [1.82, 2.24) is 24.5 Å². The van der Waals surface area contributed by atoms with Gasteiger partial charge in [-0.2, -0.15) is 4.98 Å². The molecule has 0 radical (unpaired) electrons. The Balaban J connectivity index is 1.79. The molecule has 2 N–H and O–H groups in total. The molecule has 112 valence electrons. The summed E-state index contributed by atoms with van der Waals surface area (Å²) in [6.45, 7) is 0. The van der Waals surface area contributed by atoms with Crippen molar-refractivity contribution in [2.24, 2.45) is 0 Å². The largest absolute Gasteiger partial charge is 0.333 e. The Labute approximate surface area is 130 Å². The van der Waals surface area contributed by atoms with Crippen molar-refractivity contribution in [2.45, 2.75) is 0 Å². The van der Waals surface area contributed by atoms with E-state index in [1.807, 2.05) is 54.6 Å². The maximum absolute atomic E-state index is 12.2. The molecule has 0 bridgehead atoms. The van der Waals surface area contributed by atoms with Crippen LogP contribution in [-0.2, 0) is 0 Å². The predicted molar refractivity (Wildman–Crippen MR) is 87.0 cm³/mol. The van der Waals surface area contributed by atoms with Crippen LogP contribution in [-0.4, -0.2) is 24.5 Å². The molecule has 2 aromatic heterocycles. The second-order valence-electron chi connectivity index (χ2n) is 4.88. The van der Waals surface area contributed by atoms with Crippen molar-refractivity contribution >= 4 is 22.7 Å². The van der Waals surface area contributed by atoms with Crippen LogP contribution < -0.4 is 11.0 Å². The molecule has 2 aromatic carbocycles. The normalized spacial score (nSPS) is 10.8. The zero-order valence-corrected chi connectivity index (χ0v) is 12.0. The quantitative estimate of drug-likeness (QED) is 0.606. The first-order valence-electron chi connectivity index (χ1n) is 7.02. The molecule has 0 aliphatic carbocycles. The fourth-order valence-electron chi connectivity index (χ4n) is 2.36. The van der Waals surface area contributed by atoms with Gasteiger partial charge in [-0.15, -0.1) is 0 Å². The SMILES string of the molecule is O=c1[nH]c2ccccc2n1-c1ncnc(Nc2ccccc2)n1. The number of imidazole rings is 1. The van der Waals surface area contributed by atoms with Crippen LogP contribution in [0.2, 0.25) is 0 Å². The van der Waals surface area contributed by atoms with Crippen LogP contribution in [0, 0.1) is 0 Å². The minimum Gasteiger partial charge on any atom is -0.324 e. The van der Waals surface area contributed by atoms with Crippen molar-refractivity contribution in [3.05, 3.63) is 71.4 Å². The predicted octanol–water partition coefficient (Wildman–Crippen LogP) is 2.25. The van der Waals surface area contributed by atoms with Gasteiger partial charge in [0, 0.05) is 5.69 Å². The highest BCUT2D eigenvalue weighted by atomic mass is 16.1. The molecule has 0 aliphatic rings. The van der Waals surface area contributed by atoms with Gasteiger partial charge in [0.2, 0.25) is 11.9 Å². The van der Waals surface area contributed by atoms with Crippen LogP contribution in [0.5, 0.6) is 0 Å². The van der Waals surface area contributed by atoms with Crippen molar-refractivity contribution < 1.29 is 0 Å². The molecule has 4 aromatic rings. The summed E-state index contributed by atoms with van der Waals surface area (Å²) in [5, 5.41) is 3.09. The Kier molecular flexibility index (Phi) is 3.09. The third-order valence-electron chi connectivity index (χ3n) is 3.38. The number of hydrogen-bond donors (Lipinski definition) is 2. The van der Waals surface area contributed by atoms with E-state index >= 15 is 0 Å². The number of hydrogen-bond acceptors (Lipinski definition) is 5. The highest BCUT2D eigenvalue weighted by molar-refractivity contribution is 5.76. The number of nitrogens with zero attached hydrogens (tertiary/aromatic N) is 4. The number of fused-ring (bicyclic) bond motifs is 1. The van der Waals surface area contributed by atoms with E-state index in [2.05, 4.69) is 25.3 Å². The molecule has 4 rings (SSSR count). The van der Waals surface area contributed by atoms with E-state index in [0.29, 0.717) is 5.95 Å². The molecule has 0 saturated carbocycles. The summed E-state index contributed by atoms with van der Waals surface area (Å²) < 4.78 is 1.42. The number of aromatic nitrogens is 5. The molecule has 2 heterocycles. The minimum absolute atomic E-state index is 0.265. The lowest BCUT2D eigenvalue weighted by Gasteiger charge is -2.06. The maximum Gasteiger partial charge on any atom is 0.333 e. The number of nitrogens with one attached hydrogen (secondary N) is 2. The summed E-state index contributed by atoms with van der Waals surface area (Å²) in [4.78, 5) is 27.5. The van der Waals surface area contributed by atoms with Crippen molar-refractivity contribution in [3.63, 3.8) is 0 Å². The molecule has 7 nitrogen and oxygen atoms in total. The third-order valence-corrected chi connectivity index (χ3v) is 3.38. The lowest BCUT2D eigenvalue weighted by atomic mass is 10.3. The molecule has 0 aliphatic heterocycles. The zero-order valence-electron chi connectivity index (χ0n) is 12.0. The van der Waals surface area contributed by atoms with Gasteiger partial charge in [-0.25, -0.2) is 19.3 Å². The Bertz CT molecular complexity index is 1020. The monoisotopic (exact) mass is 304 g/mol. The first-order valence-corrected chi connectivity index (χ1v) is 7.02. The van der Waals surface area contributed by atoms with E-state index < -0.39 is 0 Å². The van der Waals surface area contributed by atoms with E-state index in [9.17, 15) is 4.79 Å². The molecule has 7 heteroatoms. The van der Waals surface area contributed by atoms with Crippen LogP contribution in [0.1, 0.15) is 0 Å². The number of benzene rings is 2. The molecule has 0 spiro atoms. The molecule has 0 saturated heterocycles. The number of anilines is 2. The molecule has 0 amide bonds. The van der Waals surface area contributed by atoms with E-state index in [4.69, 9.17) is 0 Å². The van der Waals surface area contributed by atoms with E-state index in [1.54, 1.807) is 0 Å². The van der Waals surface area contributed by atoms with Crippen molar-refractivity contribution in [2.75, 3.05) is 5.32 Å². The number of rotatable bonds is 3. The second-order valence-corrected chi connectivity index (χ2v) is 4.88. The number of H-pyrrole nitrogens is 1. The van der Waals surface area contributed by atoms with Gasteiger partial charge < -0.3 is 10.3 Å². The summed E-state index contributed by atoms with van der Waals surface area (Å²) in [6.07, 6.45) is 1.38. The Hall–Kier alpha value is -3.48. The maximum atomic E-state index is 12.2. The molecular formula is C16H12N6O. The van der Waals surface area contributed by atoms with Gasteiger partial charge in [0.05, 0.1) is 11.0 Å². The Morgan fingerprint density at radius 3 is 2.61 bits per heavy atom. The summed E-state index contributed by atoms with van der Waals surface area (Å²) >= 11 is 0. The first kappa shape index (κ1) is 13.2. The van der Waals surface area contributed by atoms with Crippen LogP contribution in [0.15, 0.2) is 65.7 Å². The van der Waals surface area contributed by atoms with E-state index in [0.717, 1.165) is 16.7 Å². The molecular weight excluding hydrogens is 292 g/mol. The van der Waals surface area contributed by atoms with E-state index in [1.165, 1.54) is 10.9 Å². The molecule has 0 fully saturated rings. The van der Waals surface area contributed by atoms with E-state index in [-0.39, 0.29) is 11.6 Å². The average molecular weight is 304 g/mol. The van der Waals surface area contributed by atoms with Crippen LogP contribution in [0.3, 0.4) is 0 Å². The van der Waals surface area contributed by atoms with Gasteiger partial charge >= 0.3 is 5.69 Å². The third kappa shape index (κ3) is 2.44. The molecule has 0 unspecified atom stereocenters. The van der Waals surface area contributed by atoms with Crippen LogP contribution in [0.4, 0.5) is 11.6 Å². The Morgan fingerprint density at radius 1 is 0.957 bits per heavy atom. The van der Waals surface area contributed by atoms with Gasteiger partial charge in [-0.1, -0.05) is 30.3 Å². The van der Waals surface area contributed by atoms with Gasteiger partial charge in [0.15, 0.2) is 0 Å². The van der Waals surface area contributed by atoms with Crippen molar-refractivity contribution in [1.29, 1.82) is 0 Å². The van der Waals surface area contributed by atoms with Gasteiger partial charge in [-0.05, 0) is 24.3 Å². The van der Waals surface area contributed by atoms with Crippen molar-refractivity contribution in [3.8, 4) is 5.95 Å². The first-order chi connectivity index (χ1) is 11.3. The topological polar surface area (TPSA) is 88.5 Å². The lowest BCUT2D eigenvalue weighted by Crippen LogP contribution is -2.18. The van der Waals surface area contributed by atoms with Gasteiger partial charge in [0.1, 0.15) is 6.33 Å². The van der Waals surface area contributed by atoms with Gasteiger partial charge in [0.25, 0.3) is 0 Å². The summed E-state index contributed by atoms with van der Waals surface area (Å²) in [5.41, 5.74) is 2.02. The average Bonchev–Trinajstić information content (AvgIpc) is 2.92. The summed E-state index contributed by atoms with van der Waals surface area (Å²) in [7, 11) is 0. The van der Waals surface area contributed by atoms with Crippen LogP contribution in [0.25, 0.3) is 17.0 Å². The number of para-hydroxylation sites is 3. The highest BCUT2D eigenvalue weighted by Gasteiger charge is 2.11. The lowest BCUT2D eigenvalue weighted by molar-refractivity contribution is 0.886. The summed E-state index contributed by atoms with van der Waals surface area (Å²) in [6, 6.07) is 16.9. The Morgan fingerprint density at radius 2 is 1.74 bits per heavy atom.